The van der Waals surface area contributed by atoms with Crippen molar-refractivity contribution in [1.29, 1.82) is 0 Å². The standard InChI is InChI=1S/C22H29N3O5S/c1-6-25(7-2)22(27)16-8-11-18(12-9-16)23-21(26)17-10-13-19(30-5)20(14-17)31(28,29)24-15(3)4/h8-15,24H,6-7H2,1-5H3,(H,23,26). The SMILES string of the molecule is CCN(CC)C(=O)c1ccc(NC(=O)c2ccc(OC)c(S(=O)(=O)NC(C)C)c2)cc1. The molecule has 0 bridgehead atoms. The van der Waals surface area contributed by atoms with Crippen molar-refractivity contribution in [2.24, 2.45) is 0 Å². The molecule has 0 aliphatic rings. The van der Waals surface area contributed by atoms with Gasteiger partial charge in [0.25, 0.3) is 11.8 Å². The Labute approximate surface area is 183 Å². The third-order valence-electron chi connectivity index (χ3n) is 4.55. The molecule has 0 unspecified atom stereocenters. The Morgan fingerprint density at radius 3 is 2.10 bits per heavy atom. The molecule has 168 valence electrons. The van der Waals surface area contributed by atoms with Gasteiger partial charge in [0.15, 0.2) is 0 Å². The molecule has 8 nitrogen and oxygen atoms in total. The Bertz CT molecular complexity index is 1030. The van der Waals surface area contributed by atoms with Gasteiger partial charge in [-0.25, -0.2) is 13.1 Å². The van der Waals surface area contributed by atoms with Crippen LogP contribution in [0.3, 0.4) is 0 Å². The zero-order valence-corrected chi connectivity index (χ0v) is 19.2. The highest BCUT2D eigenvalue weighted by Crippen LogP contribution is 2.25. The van der Waals surface area contributed by atoms with E-state index in [2.05, 4.69) is 10.0 Å². The molecule has 0 atom stereocenters. The molecule has 0 radical (unpaired) electrons. The summed E-state index contributed by atoms with van der Waals surface area (Å²) < 4.78 is 32.8. The molecule has 0 aromatic heterocycles. The quantitative estimate of drug-likeness (QED) is 0.615. The molecule has 2 N–H and O–H groups in total. The summed E-state index contributed by atoms with van der Waals surface area (Å²) in [4.78, 5) is 26.7. The van der Waals surface area contributed by atoms with Gasteiger partial charge in [-0.15, -0.1) is 0 Å². The van der Waals surface area contributed by atoms with Crippen molar-refractivity contribution in [3.63, 3.8) is 0 Å². The fourth-order valence-corrected chi connectivity index (χ4v) is 4.44. The van der Waals surface area contributed by atoms with Crippen LogP contribution in [0, 0.1) is 0 Å². The van der Waals surface area contributed by atoms with E-state index in [4.69, 9.17) is 4.74 Å². The Balaban J connectivity index is 2.24. The van der Waals surface area contributed by atoms with Crippen LogP contribution in [0.1, 0.15) is 48.4 Å². The van der Waals surface area contributed by atoms with Crippen LogP contribution in [0.25, 0.3) is 0 Å². The first-order valence-electron chi connectivity index (χ1n) is 10.0. The number of hydrogen-bond donors (Lipinski definition) is 2. The first-order chi connectivity index (χ1) is 14.6. The van der Waals surface area contributed by atoms with E-state index in [9.17, 15) is 18.0 Å². The molecule has 0 aliphatic carbocycles. The second kappa shape index (κ2) is 10.4. The number of methoxy groups -OCH3 is 1. The van der Waals surface area contributed by atoms with Gasteiger partial charge in [0.2, 0.25) is 10.0 Å². The van der Waals surface area contributed by atoms with Crippen LogP contribution in [0.2, 0.25) is 0 Å². The number of ether oxygens (including phenoxy) is 1. The van der Waals surface area contributed by atoms with Crippen molar-refractivity contribution in [2.45, 2.75) is 38.6 Å². The molecule has 2 aromatic rings. The number of amides is 2. The molecule has 0 heterocycles. The zero-order chi connectivity index (χ0) is 23.2. The minimum atomic E-state index is -3.86. The molecule has 0 aliphatic heterocycles. The average molecular weight is 448 g/mol. The molecule has 2 rings (SSSR count). The number of anilines is 1. The molecule has 9 heteroatoms. The second-order valence-corrected chi connectivity index (χ2v) is 8.83. The number of carbonyl (C=O) groups excluding carboxylic acids is 2. The molecule has 0 fully saturated rings. The number of benzene rings is 2. The van der Waals surface area contributed by atoms with Crippen molar-refractivity contribution >= 4 is 27.5 Å². The predicted octanol–water partition coefficient (Wildman–Crippen LogP) is 3.12. The smallest absolute Gasteiger partial charge is 0.255 e. The topological polar surface area (TPSA) is 105 Å². The second-order valence-electron chi connectivity index (χ2n) is 7.15. The van der Waals surface area contributed by atoms with E-state index in [1.165, 1.54) is 25.3 Å². The van der Waals surface area contributed by atoms with Gasteiger partial charge >= 0.3 is 0 Å². The van der Waals surface area contributed by atoms with E-state index < -0.39 is 15.9 Å². The van der Waals surface area contributed by atoms with Crippen molar-refractivity contribution in [3.05, 3.63) is 53.6 Å². The third kappa shape index (κ3) is 6.05. The summed E-state index contributed by atoms with van der Waals surface area (Å²) >= 11 is 0. The van der Waals surface area contributed by atoms with Crippen LogP contribution in [-0.2, 0) is 10.0 Å². The fourth-order valence-electron chi connectivity index (χ4n) is 2.99. The van der Waals surface area contributed by atoms with Crippen molar-refractivity contribution in [3.8, 4) is 5.75 Å². The number of nitrogens with one attached hydrogen (secondary N) is 2. The molecule has 31 heavy (non-hydrogen) atoms. The summed E-state index contributed by atoms with van der Waals surface area (Å²) in [7, 11) is -2.49. The minimum Gasteiger partial charge on any atom is -0.495 e. The van der Waals surface area contributed by atoms with E-state index in [1.54, 1.807) is 43.0 Å². The van der Waals surface area contributed by atoms with E-state index >= 15 is 0 Å². The summed E-state index contributed by atoms with van der Waals surface area (Å²) in [6.45, 7) is 8.46. The third-order valence-corrected chi connectivity index (χ3v) is 6.23. The van der Waals surface area contributed by atoms with Gasteiger partial charge in [0.05, 0.1) is 7.11 Å². The van der Waals surface area contributed by atoms with Gasteiger partial charge in [-0.2, -0.15) is 0 Å². The summed E-state index contributed by atoms with van der Waals surface area (Å²) in [5.41, 5.74) is 1.18. The van der Waals surface area contributed by atoms with Crippen molar-refractivity contribution < 1.29 is 22.7 Å². The molecule has 0 saturated heterocycles. The van der Waals surface area contributed by atoms with Crippen molar-refractivity contribution in [2.75, 3.05) is 25.5 Å². The first-order valence-corrected chi connectivity index (χ1v) is 11.5. The van der Waals surface area contributed by atoms with Gasteiger partial charge in [-0.1, -0.05) is 0 Å². The highest BCUT2D eigenvalue weighted by molar-refractivity contribution is 7.89. The van der Waals surface area contributed by atoms with Crippen LogP contribution in [0.15, 0.2) is 47.4 Å². The van der Waals surface area contributed by atoms with Gasteiger partial charge < -0.3 is 15.0 Å². The number of sulfonamides is 1. The first kappa shape index (κ1) is 24.4. The predicted molar refractivity (Wildman–Crippen MR) is 120 cm³/mol. The largest absolute Gasteiger partial charge is 0.495 e. The Hall–Kier alpha value is -2.91. The Morgan fingerprint density at radius 2 is 1.58 bits per heavy atom. The van der Waals surface area contributed by atoms with E-state index in [0.717, 1.165) is 0 Å². The molecule has 2 amide bonds. The summed E-state index contributed by atoms with van der Waals surface area (Å²) in [5.74, 6) is -0.416. The number of nitrogens with zero attached hydrogens (tertiary/aromatic N) is 1. The minimum absolute atomic E-state index is 0.0782. The number of hydrogen-bond acceptors (Lipinski definition) is 5. The monoisotopic (exact) mass is 447 g/mol. The molecule has 0 spiro atoms. The van der Waals surface area contributed by atoms with Gasteiger partial charge in [-0.3, -0.25) is 9.59 Å². The van der Waals surface area contributed by atoms with Crippen LogP contribution >= 0.6 is 0 Å². The summed E-state index contributed by atoms with van der Waals surface area (Å²) in [5, 5.41) is 2.72. The lowest BCUT2D eigenvalue weighted by molar-refractivity contribution is 0.0773. The number of carbonyl (C=O) groups is 2. The lowest BCUT2D eigenvalue weighted by atomic mass is 10.1. The average Bonchev–Trinajstić information content (AvgIpc) is 2.73. The fraction of sp³-hybridized carbons (Fsp3) is 0.364. The van der Waals surface area contributed by atoms with E-state index in [1.807, 2.05) is 13.8 Å². The molecule has 2 aromatic carbocycles. The maximum atomic E-state index is 12.7. The van der Waals surface area contributed by atoms with E-state index in [-0.39, 0.29) is 28.2 Å². The lowest BCUT2D eigenvalue weighted by Gasteiger charge is -2.18. The molecular weight excluding hydrogens is 418 g/mol. The lowest BCUT2D eigenvalue weighted by Crippen LogP contribution is -2.30. The van der Waals surface area contributed by atoms with Crippen LogP contribution in [-0.4, -0.2) is 51.4 Å². The van der Waals surface area contributed by atoms with Gasteiger partial charge in [0, 0.05) is 35.9 Å². The maximum absolute atomic E-state index is 12.7. The van der Waals surface area contributed by atoms with E-state index in [0.29, 0.717) is 24.3 Å². The Morgan fingerprint density at radius 1 is 1.00 bits per heavy atom. The maximum Gasteiger partial charge on any atom is 0.255 e. The van der Waals surface area contributed by atoms with Gasteiger partial charge in [-0.05, 0) is 70.2 Å². The normalized spacial score (nSPS) is 11.3. The Kier molecular flexibility index (Phi) is 8.18. The van der Waals surface area contributed by atoms with Gasteiger partial charge in [0.1, 0.15) is 10.6 Å². The highest BCUT2D eigenvalue weighted by Gasteiger charge is 2.22. The zero-order valence-electron chi connectivity index (χ0n) is 18.4. The molecular formula is C22H29N3O5S. The van der Waals surface area contributed by atoms with Crippen molar-refractivity contribution in [1.82, 2.24) is 9.62 Å². The van der Waals surface area contributed by atoms with Crippen LogP contribution in [0.4, 0.5) is 5.69 Å². The highest BCUT2D eigenvalue weighted by atomic mass is 32.2. The van der Waals surface area contributed by atoms with Crippen LogP contribution in [0.5, 0.6) is 5.75 Å². The summed E-state index contributed by atoms with van der Waals surface area (Å²) in [6.07, 6.45) is 0. The number of rotatable bonds is 9. The molecule has 0 saturated carbocycles. The van der Waals surface area contributed by atoms with Crippen LogP contribution < -0.4 is 14.8 Å². The summed E-state index contributed by atoms with van der Waals surface area (Å²) in [6, 6.07) is 10.4.